The van der Waals surface area contributed by atoms with Gasteiger partial charge in [0.15, 0.2) is 0 Å². The van der Waals surface area contributed by atoms with E-state index in [4.69, 9.17) is 0 Å². The van der Waals surface area contributed by atoms with E-state index in [0.717, 1.165) is 12.8 Å². The van der Waals surface area contributed by atoms with Gasteiger partial charge in [-0.05, 0) is 45.7 Å². The number of nitrogens with zero attached hydrogens (tertiary/aromatic N) is 1. The van der Waals surface area contributed by atoms with Gasteiger partial charge in [-0.15, -0.1) is 0 Å². The van der Waals surface area contributed by atoms with Gasteiger partial charge >= 0.3 is 6.03 Å². The van der Waals surface area contributed by atoms with Crippen molar-refractivity contribution in [3.05, 3.63) is 24.0 Å². The van der Waals surface area contributed by atoms with Crippen LogP contribution in [0.4, 0.5) is 4.79 Å². The van der Waals surface area contributed by atoms with E-state index in [1.165, 1.54) is 5.69 Å². The van der Waals surface area contributed by atoms with Crippen molar-refractivity contribution >= 4 is 6.03 Å². The fourth-order valence-electron chi connectivity index (χ4n) is 1.72. The molecule has 0 aliphatic heterocycles. The summed E-state index contributed by atoms with van der Waals surface area (Å²) in [6, 6.07) is 4.43. The molecule has 96 valence electrons. The van der Waals surface area contributed by atoms with Gasteiger partial charge in [-0.2, -0.15) is 0 Å². The zero-order valence-electron chi connectivity index (χ0n) is 11.2. The molecule has 0 aromatic carbocycles. The van der Waals surface area contributed by atoms with Gasteiger partial charge in [0, 0.05) is 31.0 Å². The van der Waals surface area contributed by atoms with Crippen LogP contribution in [0.15, 0.2) is 18.3 Å². The van der Waals surface area contributed by atoms with Crippen molar-refractivity contribution in [3.63, 3.8) is 0 Å². The first-order valence-electron chi connectivity index (χ1n) is 6.16. The number of hydrogen-bond donors (Lipinski definition) is 2. The fourth-order valence-corrected chi connectivity index (χ4v) is 1.72. The predicted octanol–water partition coefficient (Wildman–Crippen LogP) is 2.05. The molecular formula is C13H23N3O. The Hall–Kier alpha value is -1.45. The van der Waals surface area contributed by atoms with Crippen LogP contribution in [0.5, 0.6) is 0 Å². The lowest BCUT2D eigenvalue weighted by Crippen LogP contribution is -2.43. The highest BCUT2D eigenvalue weighted by Gasteiger charge is 2.08. The number of hydrogen-bond acceptors (Lipinski definition) is 1. The summed E-state index contributed by atoms with van der Waals surface area (Å²) < 4.78 is 2.11. The summed E-state index contributed by atoms with van der Waals surface area (Å²) in [4.78, 5) is 11.5. The molecule has 1 aromatic rings. The number of carbonyl (C=O) groups excluding carboxylic acids is 1. The van der Waals surface area contributed by atoms with Gasteiger partial charge in [-0.25, -0.2) is 4.79 Å². The third-order valence-electron chi connectivity index (χ3n) is 2.68. The van der Waals surface area contributed by atoms with Crippen molar-refractivity contribution in [1.29, 1.82) is 0 Å². The van der Waals surface area contributed by atoms with Crippen molar-refractivity contribution in [2.45, 2.75) is 45.7 Å². The summed E-state index contributed by atoms with van der Waals surface area (Å²) >= 11 is 0. The number of aromatic nitrogens is 1. The highest BCUT2D eigenvalue weighted by Crippen LogP contribution is 2.05. The molecule has 1 rings (SSSR count). The molecule has 0 aliphatic carbocycles. The van der Waals surface area contributed by atoms with Crippen LogP contribution in [0.3, 0.4) is 0 Å². The third kappa shape index (κ3) is 4.93. The van der Waals surface area contributed by atoms with Crippen molar-refractivity contribution < 1.29 is 4.79 Å². The zero-order valence-corrected chi connectivity index (χ0v) is 11.2. The number of carbonyl (C=O) groups is 1. The second-order valence-electron chi connectivity index (χ2n) is 4.82. The van der Waals surface area contributed by atoms with E-state index in [2.05, 4.69) is 21.3 Å². The van der Waals surface area contributed by atoms with Gasteiger partial charge in [-0.3, -0.25) is 0 Å². The highest BCUT2D eigenvalue weighted by atomic mass is 16.2. The van der Waals surface area contributed by atoms with Crippen LogP contribution in [-0.4, -0.2) is 22.7 Å². The Morgan fingerprint density at radius 3 is 2.59 bits per heavy atom. The molecule has 0 radical (unpaired) electrons. The van der Waals surface area contributed by atoms with E-state index < -0.39 is 0 Å². The molecule has 0 bridgehead atoms. The van der Waals surface area contributed by atoms with E-state index in [0.29, 0.717) is 0 Å². The molecule has 2 N–H and O–H groups in total. The number of urea groups is 1. The first-order valence-corrected chi connectivity index (χ1v) is 6.16. The largest absolute Gasteiger partial charge is 0.354 e. The Labute approximate surface area is 103 Å². The van der Waals surface area contributed by atoms with Crippen LogP contribution < -0.4 is 10.6 Å². The van der Waals surface area contributed by atoms with Gasteiger partial charge in [0.2, 0.25) is 0 Å². The summed E-state index contributed by atoms with van der Waals surface area (Å²) in [5.74, 6) is 0. The first-order chi connectivity index (χ1) is 7.99. The SMILES string of the molecule is CC(C)NC(=O)N[C@@H](C)CCc1cccn1C. The van der Waals surface area contributed by atoms with Gasteiger partial charge in [0.1, 0.15) is 0 Å². The summed E-state index contributed by atoms with van der Waals surface area (Å²) in [7, 11) is 2.04. The van der Waals surface area contributed by atoms with Crippen LogP contribution in [0.25, 0.3) is 0 Å². The van der Waals surface area contributed by atoms with Crippen molar-refractivity contribution in [1.82, 2.24) is 15.2 Å². The molecule has 0 saturated carbocycles. The van der Waals surface area contributed by atoms with Crippen molar-refractivity contribution in [2.24, 2.45) is 7.05 Å². The fraction of sp³-hybridized carbons (Fsp3) is 0.615. The Balaban J connectivity index is 2.28. The van der Waals surface area contributed by atoms with E-state index >= 15 is 0 Å². The number of rotatable bonds is 5. The second kappa shape index (κ2) is 6.33. The molecule has 0 aliphatic rings. The molecule has 1 atom stereocenters. The second-order valence-corrected chi connectivity index (χ2v) is 4.82. The Kier molecular flexibility index (Phi) is 5.07. The van der Waals surface area contributed by atoms with Gasteiger partial charge in [0.05, 0.1) is 0 Å². The Morgan fingerprint density at radius 1 is 1.35 bits per heavy atom. The minimum atomic E-state index is -0.0839. The maximum Gasteiger partial charge on any atom is 0.315 e. The molecule has 1 heterocycles. The Morgan fingerprint density at radius 2 is 2.06 bits per heavy atom. The van der Waals surface area contributed by atoms with Crippen LogP contribution >= 0.6 is 0 Å². The third-order valence-corrected chi connectivity index (χ3v) is 2.68. The molecule has 4 heteroatoms. The number of amides is 2. The summed E-state index contributed by atoms with van der Waals surface area (Å²) in [6.07, 6.45) is 3.97. The minimum Gasteiger partial charge on any atom is -0.354 e. The molecule has 0 unspecified atom stereocenters. The molecule has 0 fully saturated rings. The number of aryl methyl sites for hydroxylation is 2. The quantitative estimate of drug-likeness (QED) is 0.809. The minimum absolute atomic E-state index is 0.0839. The van der Waals surface area contributed by atoms with E-state index in [1.54, 1.807) is 0 Å². The van der Waals surface area contributed by atoms with E-state index in [-0.39, 0.29) is 18.1 Å². The molecule has 4 nitrogen and oxygen atoms in total. The predicted molar refractivity (Wildman–Crippen MR) is 70.0 cm³/mol. The van der Waals surface area contributed by atoms with Crippen LogP contribution in [0.2, 0.25) is 0 Å². The van der Waals surface area contributed by atoms with Gasteiger partial charge in [-0.1, -0.05) is 0 Å². The molecule has 17 heavy (non-hydrogen) atoms. The standard InChI is InChI=1S/C13H23N3O/c1-10(2)14-13(17)15-11(3)7-8-12-6-5-9-16(12)4/h5-6,9-11H,7-8H2,1-4H3,(H2,14,15,17)/t11-/m0/s1. The summed E-state index contributed by atoms with van der Waals surface area (Å²) in [5.41, 5.74) is 1.29. The monoisotopic (exact) mass is 237 g/mol. The Bertz CT molecular complexity index is 357. The van der Waals surface area contributed by atoms with E-state index in [1.807, 2.05) is 40.1 Å². The van der Waals surface area contributed by atoms with Crippen molar-refractivity contribution in [3.8, 4) is 0 Å². The lowest BCUT2D eigenvalue weighted by Gasteiger charge is -2.16. The van der Waals surface area contributed by atoms with Gasteiger partial charge in [0.25, 0.3) is 0 Å². The lowest BCUT2D eigenvalue weighted by molar-refractivity contribution is 0.235. The maximum absolute atomic E-state index is 11.5. The zero-order chi connectivity index (χ0) is 12.8. The highest BCUT2D eigenvalue weighted by molar-refractivity contribution is 5.74. The average molecular weight is 237 g/mol. The van der Waals surface area contributed by atoms with Crippen LogP contribution in [0, 0.1) is 0 Å². The summed E-state index contributed by atoms with van der Waals surface area (Å²) in [5, 5.41) is 5.76. The normalized spacial score (nSPS) is 12.5. The summed E-state index contributed by atoms with van der Waals surface area (Å²) in [6.45, 7) is 5.94. The molecule has 2 amide bonds. The molecular weight excluding hydrogens is 214 g/mol. The number of nitrogens with one attached hydrogen (secondary N) is 2. The van der Waals surface area contributed by atoms with Crippen LogP contribution in [0.1, 0.15) is 32.9 Å². The van der Waals surface area contributed by atoms with Gasteiger partial charge < -0.3 is 15.2 Å². The topological polar surface area (TPSA) is 46.1 Å². The van der Waals surface area contributed by atoms with Crippen LogP contribution in [-0.2, 0) is 13.5 Å². The van der Waals surface area contributed by atoms with E-state index in [9.17, 15) is 4.79 Å². The first kappa shape index (κ1) is 13.6. The maximum atomic E-state index is 11.5. The lowest BCUT2D eigenvalue weighted by atomic mass is 10.1. The average Bonchev–Trinajstić information content (AvgIpc) is 2.59. The van der Waals surface area contributed by atoms with Crippen molar-refractivity contribution in [2.75, 3.05) is 0 Å². The molecule has 1 aromatic heterocycles. The smallest absolute Gasteiger partial charge is 0.315 e. The molecule has 0 spiro atoms. The molecule has 0 saturated heterocycles.